The van der Waals surface area contributed by atoms with Gasteiger partial charge in [-0.1, -0.05) is 153 Å². The quantitative estimate of drug-likeness (QED) is 0.0198. The molecular formula is C54H113Cl2N3O9S. The summed E-state index contributed by atoms with van der Waals surface area (Å²) < 4.78 is 38.5. The third-order valence-electron chi connectivity index (χ3n) is 10.0. The Kier molecular flexibility index (Phi) is 78.5. The normalized spacial score (nSPS) is 10.9. The second-order valence-corrected chi connectivity index (χ2v) is 20.2. The Balaban J connectivity index is -0.000000174. The number of halogens is 2. The van der Waals surface area contributed by atoms with Crippen LogP contribution in [-0.4, -0.2) is 130 Å². The lowest BCUT2D eigenvalue weighted by atomic mass is 10.1. The van der Waals surface area contributed by atoms with Crippen LogP contribution in [0.15, 0.2) is 12.7 Å². The van der Waals surface area contributed by atoms with Crippen molar-refractivity contribution in [3.05, 3.63) is 12.7 Å². The van der Waals surface area contributed by atoms with Crippen LogP contribution in [0, 0.1) is 0 Å². The van der Waals surface area contributed by atoms with Crippen molar-refractivity contribution in [3.63, 3.8) is 0 Å². The van der Waals surface area contributed by atoms with Crippen LogP contribution in [0.3, 0.4) is 0 Å². The summed E-state index contributed by atoms with van der Waals surface area (Å²) in [6.45, 7) is 32.9. The zero-order valence-corrected chi connectivity index (χ0v) is 49.1. The second kappa shape index (κ2) is 68.6. The fraction of sp³-hybridized carbons (Fsp3) is 0.907. The van der Waals surface area contributed by atoms with Crippen molar-refractivity contribution >= 4 is 51.1 Å². The number of carbonyl (C=O) groups is 3. The first kappa shape index (κ1) is 78.9. The third kappa shape index (κ3) is 75.6. The molecule has 1 unspecified atom stereocenters. The van der Waals surface area contributed by atoms with E-state index in [1.165, 1.54) is 127 Å². The zero-order valence-electron chi connectivity index (χ0n) is 46.8. The largest absolute Gasteiger partial charge is 0.466 e. The van der Waals surface area contributed by atoms with Gasteiger partial charge in [-0.2, -0.15) is 0 Å². The van der Waals surface area contributed by atoms with Gasteiger partial charge in [-0.3, -0.25) is 9.59 Å². The number of nitrogens with zero attached hydrogens (tertiary/aromatic N) is 2. The number of hydrogen-bond acceptors (Lipinski definition) is 11. The molecule has 0 aliphatic carbocycles. The van der Waals surface area contributed by atoms with Crippen molar-refractivity contribution in [2.24, 2.45) is 0 Å². The smallest absolute Gasteiger partial charge is 0.330 e. The van der Waals surface area contributed by atoms with Crippen molar-refractivity contribution in [3.8, 4) is 0 Å². The van der Waals surface area contributed by atoms with Crippen LogP contribution in [0.1, 0.15) is 230 Å². The molecule has 0 aliphatic rings. The number of aliphatic hydroxyl groups is 1. The van der Waals surface area contributed by atoms with Crippen molar-refractivity contribution in [2.75, 3.05) is 84.4 Å². The molecule has 0 bridgehead atoms. The fourth-order valence-corrected chi connectivity index (χ4v) is 7.26. The van der Waals surface area contributed by atoms with Crippen LogP contribution < -0.4 is 5.32 Å². The molecule has 12 nitrogen and oxygen atoms in total. The van der Waals surface area contributed by atoms with E-state index in [1.807, 2.05) is 20.8 Å². The van der Waals surface area contributed by atoms with E-state index in [2.05, 4.69) is 65.3 Å². The molecule has 0 aromatic carbocycles. The first-order valence-corrected chi connectivity index (χ1v) is 30.0. The van der Waals surface area contributed by atoms with Gasteiger partial charge in [-0.25, -0.2) is 17.5 Å². The fourth-order valence-electron chi connectivity index (χ4n) is 5.66. The highest BCUT2D eigenvalue weighted by atomic mass is 35.5. The highest BCUT2D eigenvalue weighted by Gasteiger charge is 2.14. The maximum absolute atomic E-state index is 11.2. The van der Waals surface area contributed by atoms with Crippen molar-refractivity contribution in [1.82, 2.24) is 14.5 Å². The Bertz CT molecular complexity index is 1110. The monoisotopic (exact) mass is 1050 g/mol. The maximum Gasteiger partial charge on any atom is 0.330 e. The lowest BCUT2D eigenvalue weighted by Gasteiger charge is -2.19. The minimum absolute atomic E-state index is 0.0168. The number of alkyl halides is 2. The number of carbonyl (C=O) groups excluding carboxylic acids is 3. The van der Waals surface area contributed by atoms with Gasteiger partial charge in [0, 0.05) is 32.0 Å². The van der Waals surface area contributed by atoms with Crippen LogP contribution in [0.5, 0.6) is 0 Å². The Morgan fingerprint density at radius 3 is 1.55 bits per heavy atom. The summed E-state index contributed by atoms with van der Waals surface area (Å²) in [5, 5.41) is 12.0. The summed E-state index contributed by atoms with van der Waals surface area (Å²) in [5.41, 5.74) is 0. The van der Waals surface area contributed by atoms with Crippen LogP contribution in [-0.2, 0) is 38.6 Å². The molecule has 1 atom stereocenters. The van der Waals surface area contributed by atoms with Crippen LogP contribution in [0.2, 0.25) is 0 Å². The van der Waals surface area contributed by atoms with E-state index in [9.17, 15) is 22.8 Å². The van der Waals surface area contributed by atoms with E-state index in [0.717, 1.165) is 44.9 Å². The van der Waals surface area contributed by atoms with Crippen molar-refractivity contribution in [2.45, 2.75) is 235 Å². The molecule has 0 fully saturated rings. The summed E-state index contributed by atoms with van der Waals surface area (Å²) in [5.74, 6) is -0.215. The molecule has 0 saturated carbocycles. The molecule has 0 rings (SSSR count). The Morgan fingerprint density at radius 1 is 0.594 bits per heavy atom. The average Bonchev–Trinajstić information content (AvgIpc) is 3.33. The van der Waals surface area contributed by atoms with Gasteiger partial charge in [-0.15, -0.1) is 23.2 Å². The molecular weight excluding hydrogens is 938 g/mol. The number of sulfonamides is 1. The van der Waals surface area contributed by atoms with E-state index in [0.29, 0.717) is 52.0 Å². The van der Waals surface area contributed by atoms with E-state index < -0.39 is 10.0 Å². The van der Waals surface area contributed by atoms with Gasteiger partial charge in [0.05, 0.1) is 44.0 Å². The number of esters is 3. The SMILES string of the molecule is C=CC(=O)OCCCCC.CCCC(=O)OCCCCOC(=O)CCCl.CCCCCCC(Cl)CO.CCCCCN(CC)CCCC.CCCCCNCCCC.CCCN(C)S(=O)(=O)CCC. The molecule has 0 radical (unpaired) electrons. The summed E-state index contributed by atoms with van der Waals surface area (Å²) in [6, 6.07) is 0. The minimum atomic E-state index is -2.94. The first-order chi connectivity index (χ1) is 33.1. The summed E-state index contributed by atoms with van der Waals surface area (Å²) in [4.78, 5) is 34.8. The van der Waals surface area contributed by atoms with Crippen LogP contribution in [0.4, 0.5) is 0 Å². The topological polar surface area (TPSA) is 152 Å². The van der Waals surface area contributed by atoms with Crippen molar-refractivity contribution in [1.29, 1.82) is 0 Å². The Morgan fingerprint density at radius 2 is 1.07 bits per heavy atom. The number of rotatable bonds is 40. The van der Waals surface area contributed by atoms with Crippen LogP contribution in [0.25, 0.3) is 0 Å². The standard InChI is InChI=1S/C11H19ClO4.C11H25N.C9H21N.C8H17ClO.C8H14O2.C7H17NO2S/c1-2-5-10(13)15-8-3-4-9-16-11(14)6-7-12;1-4-7-9-11-12(6-3)10-8-5-2;1-3-5-7-9-10-8-6-4-2;1-2-3-4-5-6-8(9)7-10;1-3-5-6-7-10-8(9)4-2;1-4-6-8(3)11(9,10)7-5-2/h2-9H2,1H3;4-11H2,1-3H3;10H,3-9H2,1-2H3;8,10H,2-7H2,1H3;4H,2-3,5-7H2,1H3;4-7H2,1-3H3. The zero-order chi connectivity index (χ0) is 53.7. The number of hydrogen-bond donors (Lipinski definition) is 2. The molecule has 0 amide bonds. The number of ether oxygens (including phenoxy) is 3. The molecule has 15 heteroatoms. The minimum Gasteiger partial charge on any atom is -0.466 e. The van der Waals surface area contributed by atoms with E-state index >= 15 is 0 Å². The molecule has 0 aromatic heterocycles. The molecule has 69 heavy (non-hydrogen) atoms. The molecule has 0 heterocycles. The molecule has 418 valence electrons. The van der Waals surface area contributed by atoms with E-state index in [4.69, 9.17) is 42.5 Å². The maximum atomic E-state index is 11.2. The predicted molar refractivity (Wildman–Crippen MR) is 298 cm³/mol. The molecule has 2 N–H and O–H groups in total. The third-order valence-corrected chi connectivity index (χ3v) is 12.6. The van der Waals surface area contributed by atoms with Gasteiger partial charge in [0.15, 0.2) is 0 Å². The molecule has 0 saturated heterocycles. The second-order valence-electron chi connectivity index (χ2n) is 17.0. The first-order valence-electron chi connectivity index (χ1n) is 27.4. The van der Waals surface area contributed by atoms with Crippen LogP contribution >= 0.6 is 23.2 Å². The average molecular weight is 1050 g/mol. The summed E-state index contributed by atoms with van der Waals surface area (Å²) >= 11 is 11.1. The summed E-state index contributed by atoms with van der Waals surface area (Å²) in [7, 11) is -1.31. The molecule has 0 aromatic rings. The Hall–Kier alpha value is -1.48. The van der Waals surface area contributed by atoms with E-state index in [1.54, 1.807) is 7.05 Å². The molecule has 0 spiro atoms. The summed E-state index contributed by atoms with van der Waals surface area (Å²) in [6.07, 6.45) is 28.3. The van der Waals surface area contributed by atoms with Gasteiger partial charge >= 0.3 is 17.9 Å². The van der Waals surface area contributed by atoms with Gasteiger partial charge in [0.2, 0.25) is 10.0 Å². The number of aliphatic hydroxyl groups excluding tert-OH is 1. The van der Waals surface area contributed by atoms with E-state index in [-0.39, 0.29) is 47.9 Å². The number of nitrogens with one attached hydrogen (secondary N) is 1. The van der Waals surface area contributed by atoms with Gasteiger partial charge in [0.1, 0.15) is 0 Å². The highest BCUT2D eigenvalue weighted by Crippen LogP contribution is 2.09. The Labute approximate surface area is 437 Å². The van der Waals surface area contributed by atoms with Gasteiger partial charge < -0.3 is 29.5 Å². The van der Waals surface area contributed by atoms with Gasteiger partial charge in [0.25, 0.3) is 0 Å². The highest BCUT2D eigenvalue weighted by molar-refractivity contribution is 7.89. The number of unbranched alkanes of at least 4 members (excludes halogenated alkanes) is 12. The molecule has 0 aliphatic heterocycles. The van der Waals surface area contributed by atoms with Gasteiger partial charge in [-0.05, 0) is 103 Å². The lowest BCUT2D eigenvalue weighted by molar-refractivity contribution is -0.146. The predicted octanol–water partition coefficient (Wildman–Crippen LogP) is 13.7. The lowest BCUT2D eigenvalue weighted by Crippen LogP contribution is -2.29. The van der Waals surface area contributed by atoms with Crippen molar-refractivity contribution < 1.29 is 42.1 Å².